The first-order valence-corrected chi connectivity index (χ1v) is 6.52. The molecule has 0 bridgehead atoms. The van der Waals surface area contributed by atoms with Crippen LogP contribution in [0.15, 0.2) is 24.3 Å². The molecule has 19 heavy (non-hydrogen) atoms. The van der Waals surface area contributed by atoms with Crippen molar-refractivity contribution in [2.75, 3.05) is 10.7 Å². The average molecular weight is 289 g/mol. The molecule has 4 nitrogen and oxygen atoms in total. The second kappa shape index (κ2) is 7.33. The molecule has 1 aliphatic heterocycles. The van der Waals surface area contributed by atoms with Gasteiger partial charge in [0, 0.05) is 12.1 Å². The number of thiol groups is 1. The predicted octanol–water partition coefficient (Wildman–Crippen LogP) is 1.09. The van der Waals surface area contributed by atoms with Crippen LogP contribution < -0.4 is 4.90 Å². The zero-order valence-electron chi connectivity index (χ0n) is 9.87. The summed E-state index contributed by atoms with van der Waals surface area (Å²) in [6.07, 6.45) is 1.41. The van der Waals surface area contributed by atoms with E-state index in [0.717, 1.165) is 11.3 Å². The number of aliphatic carboxylic acids is 1. The van der Waals surface area contributed by atoms with Gasteiger partial charge in [0.2, 0.25) is 5.91 Å². The molecule has 1 aliphatic rings. The van der Waals surface area contributed by atoms with Crippen molar-refractivity contribution in [3.05, 3.63) is 29.8 Å². The normalized spacial score (nSPS) is 17.3. The van der Waals surface area contributed by atoms with E-state index in [9.17, 15) is 14.7 Å². The van der Waals surface area contributed by atoms with Crippen molar-refractivity contribution >= 4 is 59.7 Å². The van der Waals surface area contributed by atoms with Crippen molar-refractivity contribution in [3.63, 3.8) is 0 Å². The van der Waals surface area contributed by atoms with Crippen LogP contribution in [0.4, 0.5) is 5.69 Å². The van der Waals surface area contributed by atoms with Gasteiger partial charge in [-0.15, -0.1) is 0 Å². The number of carboxylic acids is 1. The molecule has 1 aromatic carbocycles. The van der Waals surface area contributed by atoms with Crippen LogP contribution in [0, 0.1) is 0 Å². The molecule has 0 aromatic heterocycles. The van der Waals surface area contributed by atoms with Crippen molar-refractivity contribution in [2.45, 2.75) is 25.3 Å². The first-order valence-electron chi connectivity index (χ1n) is 5.88. The van der Waals surface area contributed by atoms with Crippen LogP contribution >= 0.6 is 12.6 Å². The van der Waals surface area contributed by atoms with Gasteiger partial charge in [0.15, 0.2) is 0 Å². The van der Waals surface area contributed by atoms with Crippen LogP contribution in [0.5, 0.6) is 0 Å². The molecule has 1 heterocycles. The van der Waals surface area contributed by atoms with Gasteiger partial charge in [0.25, 0.3) is 0 Å². The van der Waals surface area contributed by atoms with Crippen molar-refractivity contribution in [1.82, 2.24) is 0 Å². The molecule has 98 valence electrons. The van der Waals surface area contributed by atoms with Crippen LogP contribution in [0.3, 0.4) is 0 Å². The molecule has 1 atom stereocenters. The molecular formula is C13H16NNaO3S. The summed E-state index contributed by atoms with van der Waals surface area (Å²) in [5, 5.41) is 9.24. The van der Waals surface area contributed by atoms with Crippen molar-refractivity contribution < 1.29 is 14.7 Å². The van der Waals surface area contributed by atoms with Crippen LogP contribution in [-0.4, -0.2) is 58.3 Å². The van der Waals surface area contributed by atoms with E-state index in [1.165, 1.54) is 4.90 Å². The Morgan fingerprint density at radius 2 is 2.05 bits per heavy atom. The van der Waals surface area contributed by atoms with Crippen molar-refractivity contribution in [1.29, 1.82) is 0 Å². The number of aryl methyl sites for hydroxylation is 1. The van der Waals surface area contributed by atoms with Gasteiger partial charge < -0.3 is 5.11 Å². The third-order valence-corrected chi connectivity index (χ3v) is 3.35. The molecule has 0 radical (unpaired) electrons. The number of benzene rings is 1. The standard InChI is InChI=1S/C13H15NO3S.Na.H/c15-12(7-8-18)14-10-4-2-1-3-9(10)5-6-11(14)13(16)17;;/h1-4,11,18H,5-8H2,(H,16,17);;. The fraction of sp³-hybridized carbons (Fsp3) is 0.385. The third kappa shape index (κ3) is 3.54. The molecule has 0 saturated heterocycles. The van der Waals surface area contributed by atoms with Gasteiger partial charge in [-0.3, -0.25) is 9.69 Å². The van der Waals surface area contributed by atoms with Gasteiger partial charge in [-0.25, -0.2) is 4.79 Å². The van der Waals surface area contributed by atoms with E-state index in [2.05, 4.69) is 12.6 Å². The summed E-state index contributed by atoms with van der Waals surface area (Å²) in [4.78, 5) is 24.8. The minimum atomic E-state index is -0.947. The molecule has 1 aromatic rings. The molecular weight excluding hydrogens is 273 g/mol. The second-order valence-electron chi connectivity index (χ2n) is 4.26. The Morgan fingerprint density at radius 3 is 2.68 bits per heavy atom. The summed E-state index contributed by atoms with van der Waals surface area (Å²) < 4.78 is 0. The topological polar surface area (TPSA) is 57.6 Å². The molecule has 2 rings (SSSR count). The SMILES string of the molecule is O=C(O)C1CCc2ccccc2N1C(=O)CCS.[NaH]. The first-order chi connectivity index (χ1) is 8.65. The molecule has 1 amide bonds. The number of anilines is 1. The number of rotatable bonds is 3. The fourth-order valence-corrected chi connectivity index (χ4v) is 2.50. The molecule has 6 heteroatoms. The van der Waals surface area contributed by atoms with Crippen LogP contribution in [0.1, 0.15) is 18.4 Å². The number of carbonyl (C=O) groups is 2. The minimum absolute atomic E-state index is 0. The van der Waals surface area contributed by atoms with Crippen molar-refractivity contribution in [3.8, 4) is 0 Å². The number of fused-ring (bicyclic) bond motifs is 1. The summed E-state index contributed by atoms with van der Waals surface area (Å²) >= 11 is 4.04. The summed E-state index contributed by atoms with van der Waals surface area (Å²) in [6.45, 7) is 0. The van der Waals surface area contributed by atoms with E-state index >= 15 is 0 Å². The average Bonchev–Trinajstić information content (AvgIpc) is 2.37. The number of carboxylic acid groups (broad SMARTS) is 1. The molecule has 0 aliphatic carbocycles. The second-order valence-corrected chi connectivity index (χ2v) is 4.71. The van der Waals surface area contributed by atoms with Gasteiger partial charge >= 0.3 is 35.5 Å². The van der Waals surface area contributed by atoms with E-state index in [-0.39, 0.29) is 41.9 Å². The molecule has 1 N–H and O–H groups in total. The van der Waals surface area contributed by atoms with E-state index in [0.29, 0.717) is 18.6 Å². The molecule has 0 fully saturated rings. The quantitative estimate of drug-likeness (QED) is 0.647. The Labute approximate surface area is 139 Å². The molecule has 0 spiro atoms. The van der Waals surface area contributed by atoms with E-state index < -0.39 is 12.0 Å². The number of hydrogen-bond donors (Lipinski definition) is 2. The van der Waals surface area contributed by atoms with Gasteiger partial charge in [-0.1, -0.05) is 18.2 Å². The predicted molar refractivity (Wildman–Crippen MR) is 79.3 cm³/mol. The van der Waals surface area contributed by atoms with Gasteiger partial charge in [-0.05, 0) is 30.2 Å². The Hall–Kier alpha value is -0.490. The fourth-order valence-electron chi connectivity index (χ4n) is 2.30. The maximum atomic E-state index is 12.1. The number of hydrogen-bond acceptors (Lipinski definition) is 3. The first kappa shape index (κ1) is 16.6. The monoisotopic (exact) mass is 289 g/mol. The summed E-state index contributed by atoms with van der Waals surface area (Å²) in [7, 11) is 0. The zero-order chi connectivity index (χ0) is 13.1. The zero-order valence-corrected chi connectivity index (χ0v) is 10.8. The van der Waals surface area contributed by atoms with Crippen LogP contribution in [0.25, 0.3) is 0 Å². The van der Waals surface area contributed by atoms with Crippen LogP contribution in [0.2, 0.25) is 0 Å². The summed E-state index contributed by atoms with van der Waals surface area (Å²) in [5.41, 5.74) is 1.76. The summed E-state index contributed by atoms with van der Waals surface area (Å²) in [6, 6.07) is 6.72. The van der Waals surface area contributed by atoms with Crippen LogP contribution in [-0.2, 0) is 16.0 Å². The Morgan fingerprint density at radius 1 is 1.37 bits per heavy atom. The maximum absolute atomic E-state index is 12.1. The van der Waals surface area contributed by atoms with Gasteiger partial charge in [-0.2, -0.15) is 12.6 Å². The van der Waals surface area contributed by atoms with Gasteiger partial charge in [0.05, 0.1) is 0 Å². The van der Waals surface area contributed by atoms with Crippen molar-refractivity contribution in [2.24, 2.45) is 0 Å². The summed E-state index contributed by atoms with van der Waals surface area (Å²) in [5.74, 6) is -0.703. The van der Waals surface area contributed by atoms with E-state index in [1.807, 2.05) is 18.2 Å². The van der Waals surface area contributed by atoms with E-state index in [1.54, 1.807) is 6.07 Å². The molecule has 1 unspecified atom stereocenters. The molecule has 0 saturated carbocycles. The number of nitrogens with zero attached hydrogens (tertiary/aromatic N) is 1. The third-order valence-electron chi connectivity index (χ3n) is 3.13. The number of carbonyl (C=O) groups excluding carboxylic acids is 1. The van der Waals surface area contributed by atoms with E-state index in [4.69, 9.17) is 0 Å². The number of para-hydroxylation sites is 1. The Kier molecular flexibility index (Phi) is 6.39. The Balaban J connectivity index is 0.00000180. The van der Waals surface area contributed by atoms with Gasteiger partial charge in [0.1, 0.15) is 6.04 Å². The number of amides is 1. The Bertz CT molecular complexity index is 481.